The molecule has 3 heterocycles. The second kappa shape index (κ2) is 7.43. The molecule has 10 nitrogen and oxygen atoms in total. The zero-order chi connectivity index (χ0) is 18.7. The molecular formula is C16H21N7O3. The minimum Gasteiger partial charge on any atom is -0.346 e. The number of carbonyl (C=O) groups excluding carboxylic acids is 3. The summed E-state index contributed by atoms with van der Waals surface area (Å²) >= 11 is 0. The summed E-state index contributed by atoms with van der Waals surface area (Å²) < 4.78 is 1.37. The van der Waals surface area contributed by atoms with Gasteiger partial charge < -0.3 is 20.9 Å². The zero-order valence-electron chi connectivity index (χ0n) is 14.5. The van der Waals surface area contributed by atoms with Crippen molar-refractivity contribution < 1.29 is 14.4 Å². The van der Waals surface area contributed by atoms with Crippen molar-refractivity contribution in [1.82, 2.24) is 30.6 Å². The summed E-state index contributed by atoms with van der Waals surface area (Å²) in [6.07, 6.45) is 3.81. The maximum Gasteiger partial charge on any atom is 0.315 e. The zero-order valence-corrected chi connectivity index (χ0v) is 14.5. The SMILES string of the molecule is Cn1ncc(C#N)c1C(=O)NC1CCCCN(C(=O)[C@H]2CNC(=O)N2)C1. The van der Waals surface area contributed by atoms with E-state index in [9.17, 15) is 14.4 Å². The predicted molar refractivity (Wildman–Crippen MR) is 89.9 cm³/mol. The fourth-order valence-electron chi connectivity index (χ4n) is 3.33. The molecule has 10 heteroatoms. The summed E-state index contributed by atoms with van der Waals surface area (Å²) in [5, 5.41) is 21.1. The van der Waals surface area contributed by atoms with Gasteiger partial charge in [-0.15, -0.1) is 0 Å². The first-order valence-corrected chi connectivity index (χ1v) is 8.55. The molecule has 26 heavy (non-hydrogen) atoms. The Morgan fingerprint density at radius 2 is 2.23 bits per heavy atom. The molecular weight excluding hydrogens is 338 g/mol. The molecule has 0 aliphatic carbocycles. The van der Waals surface area contributed by atoms with Crippen molar-refractivity contribution in [2.45, 2.75) is 31.3 Å². The number of nitriles is 1. The molecule has 2 aliphatic heterocycles. The van der Waals surface area contributed by atoms with E-state index in [-0.39, 0.29) is 41.7 Å². The predicted octanol–water partition coefficient (Wildman–Crippen LogP) is -0.916. The van der Waals surface area contributed by atoms with Gasteiger partial charge in [0.25, 0.3) is 5.91 Å². The van der Waals surface area contributed by atoms with Crippen LogP contribution in [-0.2, 0) is 11.8 Å². The first kappa shape index (κ1) is 17.7. The van der Waals surface area contributed by atoms with E-state index in [2.05, 4.69) is 21.0 Å². The third kappa shape index (κ3) is 3.61. The molecule has 1 aromatic heterocycles. The molecule has 0 radical (unpaired) electrons. The molecule has 0 spiro atoms. The van der Waals surface area contributed by atoms with Gasteiger partial charge in [0.05, 0.1) is 6.20 Å². The molecule has 0 bridgehead atoms. The normalized spacial score (nSPS) is 22.8. The van der Waals surface area contributed by atoms with Crippen molar-refractivity contribution in [3.8, 4) is 6.07 Å². The van der Waals surface area contributed by atoms with Gasteiger partial charge in [-0.05, 0) is 19.3 Å². The highest BCUT2D eigenvalue weighted by Gasteiger charge is 2.33. The number of aryl methyl sites for hydroxylation is 1. The lowest BCUT2D eigenvalue weighted by molar-refractivity contribution is -0.132. The van der Waals surface area contributed by atoms with Gasteiger partial charge in [0.1, 0.15) is 23.4 Å². The number of nitrogens with one attached hydrogen (secondary N) is 3. The molecule has 138 valence electrons. The number of amides is 4. The van der Waals surface area contributed by atoms with E-state index < -0.39 is 6.04 Å². The number of hydrogen-bond acceptors (Lipinski definition) is 5. The third-order valence-electron chi connectivity index (χ3n) is 4.66. The van der Waals surface area contributed by atoms with E-state index in [0.29, 0.717) is 13.1 Å². The number of hydrogen-bond donors (Lipinski definition) is 3. The smallest absolute Gasteiger partial charge is 0.315 e. The van der Waals surface area contributed by atoms with E-state index >= 15 is 0 Å². The van der Waals surface area contributed by atoms with Crippen LogP contribution in [0, 0.1) is 11.3 Å². The van der Waals surface area contributed by atoms with Crippen molar-refractivity contribution in [2.75, 3.05) is 19.6 Å². The molecule has 0 saturated carbocycles. The van der Waals surface area contributed by atoms with Gasteiger partial charge in [-0.1, -0.05) is 0 Å². The fourth-order valence-corrected chi connectivity index (χ4v) is 3.33. The molecule has 2 saturated heterocycles. The van der Waals surface area contributed by atoms with Crippen molar-refractivity contribution in [2.24, 2.45) is 7.05 Å². The fraction of sp³-hybridized carbons (Fsp3) is 0.562. The number of nitrogens with zero attached hydrogens (tertiary/aromatic N) is 4. The quantitative estimate of drug-likeness (QED) is 0.642. The molecule has 2 atom stereocenters. The molecule has 3 rings (SSSR count). The van der Waals surface area contributed by atoms with Crippen LogP contribution in [0.3, 0.4) is 0 Å². The lowest BCUT2D eigenvalue weighted by atomic mass is 10.1. The van der Waals surface area contributed by atoms with Crippen LogP contribution in [0.2, 0.25) is 0 Å². The van der Waals surface area contributed by atoms with E-state index in [1.165, 1.54) is 10.9 Å². The number of carbonyl (C=O) groups is 3. The van der Waals surface area contributed by atoms with Crippen LogP contribution >= 0.6 is 0 Å². The summed E-state index contributed by atoms with van der Waals surface area (Å²) in [7, 11) is 1.61. The van der Waals surface area contributed by atoms with Crippen LogP contribution in [0.1, 0.15) is 35.3 Å². The maximum atomic E-state index is 12.6. The number of likely N-dealkylation sites (tertiary alicyclic amines) is 1. The Morgan fingerprint density at radius 3 is 2.92 bits per heavy atom. The van der Waals surface area contributed by atoms with Crippen LogP contribution in [0.4, 0.5) is 4.79 Å². The van der Waals surface area contributed by atoms with Gasteiger partial charge in [-0.25, -0.2) is 4.79 Å². The Kier molecular flexibility index (Phi) is 5.06. The van der Waals surface area contributed by atoms with Crippen LogP contribution in [-0.4, -0.2) is 64.2 Å². The molecule has 3 N–H and O–H groups in total. The standard InChI is InChI=1S/C16H21N7O3/c1-22-13(10(6-17)7-19-22)14(24)20-11-4-2-3-5-23(9-11)15(25)12-8-18-16(26)21-12/h7,11-12H,2-5,8-9H2,1H3,(H,20,24)(H2,18,21,26)/t11?,12-/m1/s1. The van der Waals surface area contributed by atoms with Crippen LogP contribution in [0.15, 0.2) is 6.20 Å². The lowest BCUT2D eigenvalue weighted by Crippen LogP contribution is -2.50. The Bertz CT molecular complexity index is 766. The van der Waals surface area contributed by atoms with Gasteiger partial charge in [-0.2, -0.15) is 10.4 Å². The average molecular weight is 359 g/mol. The lowest BCUT2D eigenvalue weighted by Gasteiger charge is -2.27. The second-order valence-corrected chi connectivity index (χ2v) is 6.50. The number of urea groups is 1. The molecule has 2 aliphatic rings. The highest BCUT2D eigenvalue weighted by molar-refractivity contribution is 5.95. The number of aromatic nitrogens is 2. The van der Waals surface area contributed by atoms with Gasteiger partial charge in [0, 0.05) is 32.7 Å². The summed E-state index contributed by atoms with van der Waals surface area (Å²) in [5.74, 6) is -0.528. The molecule has 4 amide bonds. The van der Waals surface area contributed by atoms with Gasteiger partial charge in [-0.3, -0.25) is 14.3 Å². The van der Waals surface area contributed by atoms with Crippen molar-refractivity contribution in [1.29, 1.82) is 5.26 Å². The Hall–Kier alpha value is -3.09. The van der Waals surface area contributed by atoms with E-state index in [0.717, 1.165) is 19.3 Å². The van der Waals surface area contributed by atoms with Crippen LogP contribution in [0.5, 0.6) is 0 Å². The van der Waals surface area contributed by atoms with Crippen LogP contribution < -0.4 is 16.0 Å². The van der Waals surface area contributed by atoms with E-state index in [4.69, 9.17) is 5.26 Å². The molecule has 2 fully saturated rings. The summed E-state index contributed by atoms with van der Waals surface area (Å²) in [5.41, 5.74) is 0.424. The minimum absolute atomic E-state index is 0.150. The van der Waals surface area contributed by atoms with Gasteiger partial charge >= 0.3 is 6.03 Å². The molecule has 1 aromatic rings. The van der Waals surface area contributed by atoms with E-state index in [1.54, 1.807) is 11.9 Å². The highest BCUT2D eigenvalue weighted by Crippen LogP contribution is 2.14. The Labute approximate surface area is 150 Å². The summed E-state index contributed by atoms with van der Waals surface area (Å²) in [6, 6.07) is 0.823. The number of rotatable bonds is 3. The average Bonchev–Trinajstić information content (AvgIpc) is 3.14. The Balaban J connectivity index is 1.67. The molecule has 1 unspecified atom stereocenters. The summed E-state index contributed by atoms with van der Waals surface area (Å²) in [4.78, 5) is 38.1. The van der Waals surface area contributed by atoms with E-state index in [1.807, 2.05) is 6.07 Å². The minimum atomic E-state index is -0.570. The topological polar surface area (TPSA) is 132 Å². The first-order valence-electron chi connectivity index (χ1n) is 8.55. The van der Waals surface area contributed by atoms with Crippen molar-refractivity contribution in [3.05, 3.63) is 17.5 Å². The van der Waals surface area contributed by atoms with Crippen molar-refractivity contribution in [3.63, 3.8) is 0 Å². The highest BCUT2D eigenvalue weighted by atomic mass is 16.2. The van der Waals surface area contributed by atoms with Crippen molar-refractivity contribution >= 4 is 17.8 Å². The van der Waals surface area contributed by atoms with Gasteiger partial charge in [0.2, 0.25) is 5.91 Å². The Morgan fingerprint density at radius 1 is 1.42 bits per heavy atom. The maximum absolute atomic E-state index is 12.6. The first-order chi connectivity index (χ1) is 12.5. The molecule has 0 aromatic carbocycles. The van der Waals surface area contributed by atoms with Gasteiger partial charge in [0.15, 0.2) is 0 Å². The second-order valence-electron chi connectivity index (χ2n) is 6.50. The van der Waals surface area contributed by atoms with Crippen LogP contribution in [0.25, 0.3) is 0 Å². The third-order valence-corrected chi connectivity index (χ3v) is 4.66. The largest absolute Gasteiger partial charge is 0.346 e. The monoisotopic (exact) mass is 359 g/mol. The summed E-state index contributed by atoms with van der Waals surface area (Å²) in [6.45, 7) is 1.23.